The molecular formula is C54H58ClFN10O8. The van der Waals surface area contributed by atoms with Crippen molar-refractivity contribution in [2.75, 3.05) is 38.3 Å². The lowest BCUT2D eigenvalue weighted by Gasteiger charge is -2.28. The van der Waals surface area contributed by atoms with Crippen LogP contribution in [0.4, 0.5) is 10.2 Å². The van der Waals surface area contributed by atoms with Crippen molar-refractivity contribution in [2.45, 2.75) is 60.9 Å². The van der Waals surface area contributed by atoms with Crippen LogP contribution in [-0.4, -0.2) is 99.9 Å². The Morgan fingerprint density at radius 2 is 1.41 bits per heavy atom. The van der Waals surface area contributed by atoms with Gasteiger partial charge < -0.3 is 30.3 Å². The van der Waals surface area contributed by atoms with E-state index < -0.39 is 0 Å². The Morgan fingerprint density at radius 3 is 2.08 bits per heavy atom. The van der Waals surface area contributed by atoms with Gasteiger partial charge in [-0.1, -0.05) is 57.5 Å². The molecule has 0 saturated carbocycles. The minimum absolute atomic E-state index is 0.0173. The highest BCUT2D eigenvalue weighted by molar-refractivity contribution is 6.34. The van der Waals surface area contributed by atoms with Crippen molar-refractivity contribution in [1.82, 2.24) is 44.6 Å². The van der Waals surface area contributed by atoms with Gasteiger partial charge in [0.15, 0.2) is 28.8 Å². The zero-order valence-corrected chi connectivity index (χ0v) is 42.8. The van der Waals surface area contributed by atoms with Gasteiger partial charge >= 0.3 is 6.15 Å². The predicted molar refractivity (Wildman–Crippen MR) is 282 cm³/mol. The summed E-state index contributed by atoms with van der Waals surface area (Å²) in [5.41, 5.74) is 5.30. The van der Waals surface area contributed by atoms with Crippen LogP contribution in [0.25, 0.3) is 38.4 Å². The van der Waals surface area contributed by atoms with Gasteiger partial charge in [0.25, 0.3) is 5.56 Å². The monoisotopic (exact) mass is 1030 g/mol. The Hall–Kier alpha value is -8.35. The number of pyridine rings is 7. The number of aryl methyl sites for hydroxylation is 3. The molecule has 0 aliphatic carbocycles. The number of nitrogens with one attached hydrogen (secondary N) is 1. The number of benzene rings is 1. The van der Waals surface area contributed by atoms with Crippen molar-refractivity contribution in [3.8, 4) is 17.2 Å². The van der Waals surface area contributed by atoms with Crippen LogP contribution in [0, 0.1) is 19.7 Å². The minimum Gasteiger partial charge on any atom is -0.504 e. The fourth-order valence-electron chi connectivity index (χ4n) is 7.04. The van der Waals surface area contributed by atoms with Gasteiger partial charge in [-0.25, -0.2) is 29.3 Å². The smallest absolute Gasteiger partial charge is 0.373 e. The summed E-state index contributed by atoms with van der Waals surface area (Å²) < 4.78 is 19.7. The number of Topliss-reactive ketones (excluding diaryl/α,β-unsaturated/α-hetero) is 1. The maximum absolute atomic E-state index is 12.9. The Kier molecular flexibility index (Phi) is 23.5. The summed E-state index contributed by atoms with van der Waals surface area (Å²) in [6.07, 6.45) is 10.7. The molecule has 10 rings (SSSR count). The number of aromatic nitrogens is 8. The number of ether oxygens (including phenoxy) is 1. The third-order valence-electron chi connectivity index (χ3n) is 10.5. The summed E-state index contributed by atoms with van der Waals surface area (Å²) in [6.45, 7) is 15.0. The van der Waals surface area contributed by atoms with Crippen molar-refractivity contribution in [2.24, 2.45) is 0 Å². The Labute approximate surface area is 431 Å². The van der Waals surface area contributed by atoms with E-state index >= 15 is 0 Å². The van der Waals surface area contributed by atoms with Crippen LogP contribution < -0.4 is 15.8 Å². The number of anilines is 1. The number of ketones is 1. The number of nitrogens with zero attached hydrogens (tertiary/aromatic N) is 9. The van der Waals surface area contributed by atoms with E-state index in [0.29, 0.717) is 70.2 Å². The Bertz CT molecular complexity index is 3350. The third kappa shape index (κ3) is 15.6. The standard InChI is InChI=1S/C19H18FN3O2.C12H13N3O2.C9H7ClN2O.C9H8N2O.2C2H6.CO2/c1-21-11-15-8-5-13-10-22-18(19(25)17(13)23-15)16(24)9-4-12-2-6-14(20)7-3-12;16-11-10-9(2-1-3-13-10)8-14-12(11)15-4-6-17-7-5-15;1-5-8(13)7-6(9(10)12-5)3-2-4-11-7;1-7-3-2-6-11-8(12)4-5-10-9(7)11;2*1-2;2-1-3/h2-3,5-8,10,21,25H,4,9,11H2,1H3;1-3,8,16H,4-7H2;2-4,13H,1H3;2-6H,1H3;2*1-2H3;. The molecule has 0 bridgehead atoms. The number of hydrogen-bond acceptors (Lipinski definition) is 17. The van der Waals surface area contributed by atoms with Crippen molar-refractivity contribution >= 4 is 67.7 Å². The van der Waals surface area contributed by atoms with E-state index in [1.807, 2.05) is 83.0 Å². The van der Waals surface area contributed by atoms with Gasteiger partial charge in [0.1, 0.15) is 38.9 Å². The largest absolute Gasteiger partial charge is 0.504 e. The van der Waals surface area contributed by atoms with E-state index in [-0.39, 0.29) is 52.7 Å². The molecule has 0 unspecified atom stereocenters. The zero-order valence-electron chi connectivity index (χ0n) is 42.1. The molecule has 9 heterocycles. The number of aromatic hydroxyl groups is 3. The summed E-state index contributed by atoms with van der Waals surface area (Å²) >= 11 is 5.87. The van der Waals surface area contributed by atoms with E-state index in [0.717, 1.165) is 40.9 Å². The molecule has 1 aromatic carbocycles. The first kappa shape index (κ1) is 58.2. The SMILES string of the molecule is CC.CC.CNCc1ccc2cnc(C(=O)CCc3ccc(F)cc3)c(O)c2n1.Cc1cccn2c(=O)ccnc12.Cc1nc(Cl)c2cccnc2c1O.O=C=O.Oc1c(N2CCOCC2)ncc2cccnc12. The molecule has 386 valence electrons. The van der Waals surface area contributed by atoms with Gasteiger partial charge in [0.2, 0.25) is 0 Å². The first-order chi connectivity index (χ1) is 35.8. The van der Waals surface area contributed by atoms with E-state index in [1.165, 1.54) is 35.0 Å². The number of halogens is 2. The fourth-order valence-corrected chi connectivity index (χ4v) is 7.32. The fraction of sp³-hybridized carbons (Fsp3) is 0.259. The van der Waals surface area contributed by atoms with E-state index in [4.69, 9.17) is 25.9 Å². The Balaban J connectivity index is 0.000000212. The number of carbonyl (C=O) groups is 1. The molecule has 1 fully saturated rings. The second-order valence-electron chi connectivity index (χ2n) is 15.2. The number of fused-ring (bicyclic) bond motifs is 4. The normalized spacial score (nSPS) is 11.3. The van der Waals surface area contributed by atoms with E-state index in [9.17, 15) is 29.3 Å². The molecule has 0 atom stereocenters. The van der Waals surface area contributed by atoms with Crippen LogP contribution in [0.3, 0.4) is 0 Å². The number of rotatable bonds is 7. The minimum atomic E-state index is -0.313. The summed E-state index contributed by atoms with van der Waals surface area (Å²) in [7, 11) is 1.81. The molecule has 0 amide bonds. The quantitative estimate of drug-likeness (QED) is 0.0859. The Morgan fingerprint density at radius 1 is 0.757 bits per heavy atom. The molecule has 20 heteroatoms. The van der Waals surface area contributed by atoms with E-state index in [2.05, 4.69) is 40.2 Å². The zero-order chi connectivity index (χ0) is 54.2. The summed E-state index contributed by atoms with van der Waals surface area (Å²) in [5.74, 6) is 0.0703. The average molecular weight is 1030 g/mol. The van der Waals surface area contributed by atoms with Gasteiger partial charge in [-0.15, -0.1) is 0 Å². The van der Waals surface area contributed by atoms with Crippen LogP contribution in [0.2, 0.25) is 5.15 Å². The third-order valence-corrected chi connectivity index (χ3v) is 10.8. The maximum Gasteiger partial charge on any atom is 0.373 e. The summed E-state index contributed by atoms with van der Waals surface area (Å²) in [4.78, 5) is 71.0. The molecule has 8 aromatic heterocycles. The van der Waals surface area contributed by atoms with Crippen LogP contribution >= 0.6 is 11.6 Å². The van der Waals surface area contributed by atoms with Gasteiger partial charge in [0, 0.05) is 85.5 Å². The van der Waals surface area contributed by atoms with Crippen molar-refractivity contribution in [1.29, 1.82) is 0 Å². The number of hydrogen-bond donors (Lipinski definition) is 4. The molecule has 1 aliphatic heterocycles. The number of carbonyl (C=O) groups excluding carboxylic acids is 3. The second kappa shape index (κ2) is 29.9. The van der Waals surface area contributed by atoms with Gasteiger partial charge in [0.05, 0.1) is 24.6 Å². The van der Waals surface area contributed by atoms with Crippen molar-refractivity contribution in [3.63, 3.8) is 0 Å². The molecule has 1 saturated heterocycles. The lowest BCUT2D eigenvalue weighted by molar-refractivity contribution is -0.191. The highest BCUT2D eigenvalue weighted by atomic mass is 35.5. The maximum atomic E-state index is 12.9. The lowest BCUT2D eigenvalue weighted by atomic mass is 10.0. The lowest BCUT2D eigenvalue weighted by Crippen LogP contribution is -2.36. The molecule has 9 aromatic rings. The van der Waals surface area contributed by atoms with Crippen molar-refractivity contribution in [3.05, 3.63) is 166 Å². The summed E-state index contributed by atoms with van der Waals surface area (Å²) in [5, 5.41) is 35.8. The molecule has 0 spiro atoms. The highest BCUT2D eigenvalue weighted by Crippen LogP contribution is 2.32. The van der Waals surface area contributed by atoms with Gasteiger partial charge in [-0.05, 0) is 93.0 Å². The average Bonchev–Trinajstić information content (AvgIpc) is 3.43. The summed E-state index contributed by atoms with van der Waals surface area (Å²) in [6, 6.07) is 22.1. The molecule has 0 radical (unpaired) electrons. The van der Waals surface area contributed by atoms with Crippen molar-refractivity contribution < 1.29 is 38.8 Å². The molecule has 18 nitrogen and oxygen atoms in total. The van der Waals surface area contributed by atoms with E-state index in [1.54, 1.807) is 56.0 Å². The second-order valence-corrected chi connectivity index (χ2v) is 15.6. The van der Waals surface area contributed by atoms with Gasteiger partial charge in [-0.3, -0.25) is 24.0 Å². The highest BCUT2D eigenvalue weighted by Gasteiger charge is 2.19. The predicted octanol–water partition coefficient (Wildman–Crippen LogP) is 8.95. The topological polar surface area (TPSA) is 248 Å². The van der Waals surface area contributed by atoms with Crippen LogP contribution in [-0.2, 0) is 27.3 Å². The van der Waals surface area contributed by atoms with Gasteiger partial charge in [-0.2, -0.15) is 9.59 Å². The molecule has 4 N–H and O–H groups in total. The van der Waals surface area contributed by atoms with Crippen LogP contribution in [0.1, 0.15) is 67.1 Å². The first-order valence-corrected chi connectivity index (χ1v) is 23.9. The van der Waals surface area contributed by atoms with Crippen LogP contribution in [0.15, 0.2) is 121 Å². The molecule has 1 aliphatic rings. The molecular weight excluding hydrogens is 971 g/mol. The van der Waals surface area contributed by atoms with Crippen LogP contribution in [0.5, 0.6) is 17.2 Å². The molecule has 74 heavy (non-hydrogen) atoms. The number of morpholine rings is 1. The first-order valence-electron chi connectivity index (χ1n) is 23.5.